The molecule has 0 aliphatic rings. The zero-order chi connectivity index (χ0) is 13.8. The Labute approximate surface area is 116 Å². The first kappa shape index (κ1) is 13.4. The maximum atomic E-state index is 11.2. The third kappa shape index (κ3) is 3.23. The van der Waals surface area contributed by atoms with Gasteiger partial charge in [-0.1, -0.05) is 17.7 Å². The number of hydrogen-bond donors (Lipinski definition) is 2. The van der Waals surface area contributed by atoms with Gasteiger partial charge in [0.15, 0.2) is 0 Å². The van der Waals surface area contributed by atoms with Crippen LogP contribution in [0.4, 0.5) is 5.69 Å². The van der Waals surface area contributed by atoms with Gasteiger partial charge in [-0.05, 0) is 37.3 Å². The molecule has 0 bridgehead atoms. The lowest BCUT2D eigenvalue weighted by atomic mass is 10.1. The highest BCUT2D eigenvalue weighted by atomic mass is 35.5. The molecule has 2 N–H and O–H groups in total. The number of halogens is 1. The Balaban J connectivity index is 2.28. The number of anilines is 1. The number of benzene rings is 1. The second-order valence-electron chi connectivity index (χ2n) is 4.12. The number of nitrogens with zero attached hydrogens (tertiary/aromatic N) is 1. The lowest BCUT2D eigenvalue weighted by Gasteiger charge is -2.16. The van der Waals surface area contributed by atoms with Crippen molar-refractivity contribution in [3.8, 4) is 0 Å². The van der Waals surface area contributed by atoms with Crippen molar-refractivity contribution in [3.05, 3.63) is 58.9 Å². The standard InChI is InChI=1S/C14H13ClN2O2/c1-9(12-4-2-3-7-16-12)17-13-8-10(15)5-6-11(13)14(18)19/h2-9,17H,1H3,(H,18,19). The molecule has 0 radical (unpaired) electrons. The largest absolute Gasteiger partial charge is 0.478 e. The van der Waals surface area contributed by atoms with Crippen LogP contribution in [0, 0.1) is 0 Å². The van der Waals surface area contributed by atoms with Crippen molar-refractivity contribution >= 4 is 23.3 Å². The molecule has 0 saturated heterocycles. The first-order valence-corrected chi connectivity index (χ1v) is 6.16. The van der Waals surface area contributed by atoms with Crippen LogP contribution in [0.1, 0.15) is 29.0 Å². The van der Waals surface area contributed by atoms with E-state index in [0.717, 1.165) is 5.69 Å². The predicted octanol–water partition coefficient (Wildman–Crippen LogP) is 3.61. The highest BCUT2D eigenvalue weighted by Crippen LogP contribution is 2.25. The summed E-state index contributed by atoms with van der Waals surface area (Å²) in [6.07, 6.45) is 1.70. The quantitative estimate of drug-likeness (QED) is 0.895. The lowest BCUT2D eigenvalue weighted by Crippen LogP contribution is -2.11. The molecule has 5 heteroatoms. The summed E-state index contributed by atoms with van der Waals surface area (Å²) in [4.78, 5) is 15.4. The second-order valence-corrected chi connectivity index (χ2v) is 4.55. The number of aromatic carboxylic acids is 1. The minimum absolute atomic E-state index is 0.113. The molecule has 1 aromatic carbocycles. The van der Waals surface area contributed by atoms with Gasteiger partial charge in [0.1, 0.15) is 0 Å². The van der Waals surface area contributed by atoms with Gasteiger partial charge in [0.25, 0.3) is 0 Å². The molecule has 1 aromatic heterocycles. The maximum Gasteiger partial charge on any atom is 0.337 e. The number of carbonyl (C=O) groups is 1. The van der Waals surface area contributed by atoms with Crippen LogP contribution in [0.25, 0.3) is 0 Å². The van der Waals surface area contributed by atoms with E-state index in [0.29, 0.717) is 10.7 Å². The zero-order valence-electron chi connectivity index (χ0n) is 10.3. The summed E-state index contributed by atoms with van der Waals surface area (Å²) in [6.45, 7) is 1.91. The van der Waals surface area contributed by atoms with Crippen LogP contribution in [0.2, 0.25) is 5.02 Å². The van der Waals surface area contributed by atoms with Gasteiger partial charge in [0, 0.05) is 11.2 Å². The topological polar surface area (TPSA) is 62.2 Å². The third-order valence-electron chi connectivity index (χ3n) is 2.72. The van der Waals surface area contributed by atoms with E-state index < -0.39 is 5.97 Å². The summed E-state index contributed by atoms with van der Waals surface area (Å²) >= 11 is 5.90. The summed E-state index contributed by atoms with van der Waals surface area (Å²) < 4.78 is 0. The van der Waals surface area contributed by atoms with E-state index in [4.69, 9.17) is 16.7 Å². The van der Waals surface area contributed by atoms with Gasteiger partial charge in [-0.3, -0.25) is 4.98 Å². The van der Waals surface area contributed by atoms with Crippen LogP contribution in [0.5, 0.6) is 0 Å². The number of carboxylic acid groups (broad SMARTS) is 1. The lowest BCUT2D eigenvalue weighted by molar-refractivity contribution is 0.0698. The van der Waals surface area contributed by atoms with E-state index >= 15 is 0 Å². The first-order valence-electron chi connectivity index (χ1n) is 5.78. The molecule has 98 valence electrons. The highest BCUT2D eigenvalue weighted by Gasteiger charge is 2.13. The number of hydrogen-bond acceptors (Lipinski definition) is 3. The van der Waals surface area contributed by atoms with E-state index in [9.17, 15) is 4.79 Å². The van der Waals surface area contributed by atoms with Gasteiger partial charge in [0.2, 0.25) is 0 Å². The summed E-state index contributed by atoms with van der Waals surface area (Å²) in [7, 11) is 0. The molecule has 1 heterocycles. The fourth-order valence-electron chi connectivity index (χ4n) is 1.76. The van der Waals surface area contributed by atoms with Gasteiger partial charge in [-0.15, -0.1) is 0 Å². The molecule has 1 unspecified atom stereocenters. The minimum Gasteiger partial charge on any atom is -0.478 e. The van der Waals surface area contributed by atoms with Crippen molar-refractivity contribution in [3.63, 3.8) is 0 Å². The third-order valence-corrected chi connectivity index (χ3v) is 2.95. The van der Waals surface area contributed by atoms with Crippen molar-refractivity contribution in [1.82, 2.24) is 4.98 Å². The fourth-order valence-corrected chi connectivity index (χ4v) is 1.93. The van der Waals surface area contributed by atoms with Crippen LogP contribution >= 0.6 is 11.6 Å². The normalized spacial score (nSPS) is 11.9. The summed E-state index contributed by atoms with van der Waals surface area (Å²) in [6, 6.07) is 10.1. The second kappa shape index (κ2) is 5.71. The molecule has 4 nitrogen and oxygen atoms in total. The summed E-state index contributed by atoms with van der Waals surface area (Å²) in [5.41, 5.74) is 1.50. The van der Waals surface area contributed by atoms with Gasteiger partial charge in [-0.2, -0.15) is 0 Å². The monoisotopic (exact) mass is 276 g/mol. The Morgan fingerprint density at radius 2 is 2.16 bits per heavy atom. The molecule has 2 aromatic rings. The van der Waals surface area contributed by atoms with E-state index in [1.165, 1.54) is 6.07 Å². The average Bonchev–Trinajstić information content (AvgIpc) is 2.39. The van der Waals surface area contributed by atoms with Crippen molar-refractivity contribution in [2.45, 2.75) is 13.0 Å². The summed E-state index contributed by atoms with van der Waals surface area (Å²) in [5.74, 6) is -0.993. The van der Waals surface area contributed by atoms with Crippen molar-refractivity contribution in [1.29, 1.82) is 0 Å². The van der Waals surface area contributed by atoms with Crippen LogP contribution in [0.15, 0.2) is 42.6 Å². The van der Waals surface area contributed by atoms with Crippen LogP contribution in [-0.2, 0) is 0 Å². The molecule has 0 aliphatic heterocycles. The Kier molecular flexibility index (Phi) is 4.02. The van der Waals surface area contributed by atoms with Crippen molar-refractivity contribution in [2.75, 3.05) is 5.32 Å². The highest BCUT2D eigenvalue weighted by molar-refractivity contribution is 6.31. The molecule has 1 atom stereocenters. The van der Waals surface area contributed by atoms with Gasteiger partial charge >= 0.3 is 5.97 Å². The number of nitrogens with one attached hydrogen (secondary N) is 1. The Morgan fingerprint density at radius 3 is 2.79 bits per heavy atom. The predicted molar refractivity (Wildman–Crippen MR) is 74.7 cm³/mol. The van der Waals surface area contributed by atoms with Crippen LogP contribution < -0.4 is 5.32 Å². The maximum absolute atomic E-state index is 11.2. The molecular weight excluding hydrogens is 264 g/mol. The number of aromatic nitrogens is 1. The molecule has 0 aliphatic carbocycles. The average molecular weight is 277 g/mol. The van der Waals surface area contributed by atoms with E-state index in [1.807, 2.05) is 25.1 Å². The van der Waals surface area contributed by atoms with Crippen LogP contribution in [0.3, 0.4) is 0 Å². The molecule has 19 heavy (non-hydrogen) atoms. The number of carboxylic acids is 1. The van der Waals surface area contributed by atoms with E-state index in [1.54, 1.807) is 18.3 Å². The molecule has 2 rings (SSSR count). The number of pyridine rings is 1. The molecule has 0 fully saturated rings. The van der Waals surface area contributed by atoms with Gasteiger partial charge in [0.05, 0.1) is 23.0 Å². The smallest absolute Gasteiger partial charge is 0.337 e. The van der Waals surface area contributed by atoms with Crippen LogP contribution in [-0.4, -0.2) is 16.1 Å². The fraction of sp³-hybridized carbons (Fsp3) is 0.143. The number of rotatable bonds is 4. The van der Waals surface area contributed by atoms with E-state index in [2.05, 4.69) is 10.3 Å². The minimum atomic E-state index is -0.993. The molecule has 0 saturated carbocycles. The van der Waals surface area contributed by atoms with E-state index in [-0.39, 0.29) is 11.6 Å². The Morgan fingerprint density at radius 1 is 1.37 bits per heavy atom. The zero-order valence-corrected chi connectivity index (χ0v) is 11.1. The summed E-state index contributed by atoms with van der Waals surface area (Å²) in [5, 5.41) is 12.7. The Hall–Kier alpha value is -2.07. The van der Waals surface area contributed by atoms with Gasteiger partial charge in [-0.25, -0.2) is 4.79 Å². The molecule has 0 spiro atoms. The van der Waals surface area contributed by atoms with Crippen molar-refractivity contribution in [2.24, 2.45) is 0 Å². The first-order chi connectivity index (χ1) is 9.08. The molecule has 0 amide bonds. The molecular formula is C14H13ClN2O2. The van der Waals surface area contributed by atoms with Gasteiger partial charge < -0.3 is 10.4 Å². The van der Waals surface area contributed by atoms with Crippen molar-refractivity contribution < 1.29 is 9.90 Å². The SMILES string of the molecule is CC(Nc1cc(Cl)ccc1C(=O)O)c1ccccn1. The Bertz CT molecular complexity index is 587.